The molecule has 3 N–H and O–H groups in total. The summed E-state index contributed by atoms with van der Waals surface area (Å²) < 4.78 is 5.71. The molecule has 4 heteroatoms. The first-order valence-electron chi connectivity index (χ1n) is 5.65. The van der Waals surface area contributed by atoms with Gasteiger partial charge in [-0.1, -0.05) is 0 Å². The molecule has 4 nitrogen and oxygen atoms in total. The molecule has 0 spiro atoms. The number of ether oxygens (including phenoxy) is 1. The molecular formula is C10H21N3O. The zero-order valence-corrected chi connectivity index (χ0v) is 8.74. The maximum Gasteiger partial charge on any atom is 0.0605 e. The number of nitrogens with one attached hydrogen (secondary N) is 1. The van der Waals surface area contributed by atoms with Gasteiger partial charge in [-0.2, -0.15) is 0 Å². The van der Waals surface area contributed by atoms with Crippen LogP contribution in [0, 0.1) is 0 Å². The molecule has 1 aliphatic carbocycles. The highest BCUT2D eigenvalue weighted by atomic mass is 16.5. The zero-order valence-electron chi connectivity index (χ0n) is 8.74. The van der Waals surface area contributed by atoms with Crippen LogP contribution in [0.25, 0.3) is 0 Å². The van der Waals surface area contributed by atoms with E-state index < -0.39 is 0 Å². The Bertz CT molecular complexity index is 165. The van der Waals surface area contributed by atoms with E-state index in [0.717, 1.165) is 52.2 Å². The van der Waals surface area contributed by atoms with E-state index in [1.54, 1.807) is 0 Å². The molecule has 0 aromatic heterocycles. The lowest BCUT2D eigenvalue weighted by atomic mass is 9.90. The van der Waals surface area contributed by atoms with Crippen LogP contribution in [0.1, 0.15) is 12.8 Å². The lowest BCUT2D eigenvalue weighted by molar-refractivity contribution is -0.0177. The van der Waals surface area contributed by atoms with E-state index in [1.807, 2.05) is 0 Å². The normalized spacial score (nSPS) is 34.1. The Balaban J connectivity index is 1.50. The van der Waals surface area contributed by atoms with Crippen LogP contribution in [0.4, 0.5) is 0 Å². The maximum atomic E-state index is 5.71. The average Bonchev–Trinajstić information content (AvgIpc) is 2.17. The molecule has 1 heterocycles. The van der Waals surface area contributed by atoms with Crippen LogP contribution >= 0.6 is 0 Å². The zero-order chi connectivity index (χ0) is 9.80. The third-order valence-electron chi connectivity index (χ3n) is 3.10. The van der Waals surface area contributed by atoms with Crippen LogP contribution < -0.4 is 11.1 Å². The standard InChI is InChI=1S/C10H21N3O/c11-9-7-10(8-9)14-6-5-13-3-1-12-2-4-13/h9-10,12H,1-8,11H2. The summed E-state index contributed by atoms with van der Waals surface area (Å²) >= 11 is 0. The van der Waals surface area contributed by atoms with E-state index >= 15 is 0 Å². The number of piperazine rings is 1. The number of nitrogens with zero attached hydrogens (tertiary/aromatic N) is 1. The smallest absolute Gasteiger partial charge is 0.0605 e. The molecular weight excluding hydrogens is 178 g/mol. The quantitative estimate of drug-likeness (QED) is 0.635. The lowest BCUT2D eigenvalue weighted by Crippen LogP contribution is -2.46. The molecule has 0 unspecified atom stereocenters. The summed E-state index contributed by atoms with van der Waals surface area (Å²) in [6.07, 6.45) is 2.57. The number of hydrogen-bond donors (Lipinski definition) is 2. The predicted octanol–water partition coefficient (Wildman–Crippen LogP) is -0.602. The van der Waals surface area contributed by atoms with Gasteiger partial charge in [0.05, 0.1) is 12.7 Å². The molecule has 14 heavy (non-hydrogen) atoms. The molecule has 2 fully saturated rings. The summed E-state index contributed by atoms with van der Waals surface area (Å²) in [6.45, 7) is 6.51. The summed E-state index contributed by atoms with van der Waals surface area (Å²) in [5.41, 5.74) is 5.68. The van der Waals surface area contributed by atoms with E-state index in [0.29, 0.717) is 12.1 Å². The van der Waals surface area contributed by atoms with Crippen LogP contribution in [-0.2, 0) is 4.74 Å². The Morgan fingerprint density at radius 3 is 2.64 bits per heavy atom. The molecule has 2 aliphatic rings. The summed E-state index contributed by atoms with van der Waals surface area (Å²) in [6, 6.07) is 0.402. The Kier molecular flexibility index (Phi) is 3.75. The van der Waals surface area contributed by atoms with Crippen molar-refractivity contribution in [2.45, 2.75) is 25.0 Å². The van der Waals surface area contributed by atoms with Crippen molar-refractivity contribution in [2.75, 3.05) is 39.3 Å². The Morgan fingerprint density at radius 1 is 1.29 bits per heavy atom. The van der Waals surface area contributed by atoms with Crippen LogP contribution in [0.2, 0.25) is 0 Å². The van der Waals surface area contributed by atoms with Crippen LogP contribution in [0.15, 0.2) is 0 Å². The first-order valence-corrected chi connectivity index (χ1v) is 5.65. The molecule has 1 saturated carbocycles. The van der Waals surface area contributed by atoms with Crippen molar-refractivity contribution in [3.8, 4) is 0 Å². The van der Waals surface area contributed by atoms with E-state index in [2.05, 4.69) is 10.2 Å². The minimum absolute atomic E-state index is 0.402. The van der Waals surface area contributed by atoms with Crippen molar-refractivity contribution in [2.24, 2.45) is 5.73 Å². The van der Waals surface area contributed by atoms with Crippen molar-refractivity contribution < 1.29 is 4.74 Å². The molecule has 1 saturated heterocycles. The van der Waals surface area contributed by atoms with Gasteiger partial charge in [-0.3, -0.25) is 4.90 Å². The van der Waals surface area contributed by atoms with Crippen LogP contribution in [0.5, 0.6) is 0 Å². The summed E-state index contributed by atoms with van der Waals surface area (Å²) in [4.78, 5) is 2.45. The Labute approximate surface area is 85.8 Å². The van der Waals surface area contributed by atoms with Crippen molar-refractivity contribution in [3.63, 3.8) is 0 Å². The molecule has 82 valence electrons. The fraction of sp³-hybridized carbons (Fsp3) is 1.00. The van der Waals surface area contributed by atoms with Gasteiger partial charge < -0.3 is 15.8 Å². The Morgan fingerprint density at radius 2 is 2.00 bits per heavy atom. The van der Waals surface area contributed by atoms with Gasteiger partial charge in [0, 0.05) is 38.8 Å². The lowest BCUT2D eigenvalue weighted by Gasteiger charge is -2.33. The second-order valence-corrected chi connectivity index (χ2v) is 4.32. The van der Waals surface area contributed by atoms with Crippen LogP contribution in [-0.4, -0.2) is 56.4 Å². The van der Waals surface area contributed by atoms with Gasteiger partial charge in [-0.05, 0) is 12.8 Å². The van der Waals surface area contributed by atoms with Crippen molar-refractivity contribution in [3.05, 3.63) is 0 Å². The van der Waals surface area contributed by atoms with Crippen molar-refractivity contribution in [1.82, 2.24) is 10.2 Å². The highest BCUT2D eigenvalue weighted by molar-refractivity contribution is 4.82. The third kappa shape index (κ3) is 2.92. The van der Waals surface area contributed by atoms with Crippen LogP contribution in [0.3, 0.4) is 0 Å². The summed E-state index contributed by atoms with van der Waals surface area (Å²) in [5, 5.41) is 3.34. The molecule has 0 radical (unpaired) electrons. The molecule has 0 aromatic carbocycles. The van der Waals surface area contributed by atoms with Gasteiger partial charge >= 0.3 is 0 Å². The van der Waals surface area contributed by atoms with Crippen molar-refractivity contribution >= 4 is 0 Å². The van der Waals surface area contributed by atoms with E-state index in [9.17, 15) is 0 Å². The first kappa shape index (κ1) is 10.4. The third-order valence-corrected chi connectivity index (χ3v) is 3.10. The van der Waals surface area contributed by atoms with Gasteiger partial charge in [-0.15, -0.1) is 0 Å². The molecule has 1 aliphatic heterocycles. The van der Waals surface area contributed by atoms with E-state index in [-0.39, 0.29) is 0 Å². The van der Waals surface area contributed by atoms with E-state index in [1.165, 1.54) is 0 Å². The summed E-state index contributed by atoms with van der Waals surface area (Å²) in [5.74, 6) is 0. The second-order valence-electron chi connectivity index (χ2n) is 4.32. The number of rotatable bonds is 4. The second kappa shape index (κ2) is 5.07. The number of hydrogen-bond acceptors (Lipinski definition) is 4. The van der Waals surface area contributed by atoms with Crippen molar-refractivity contribution in [1.29, 1.82) is 0 Å². The van der Waals surface area contributed by atoms with Gasteiger partial charge in [0.15, 0.2) is 0 Å². The molecule has 0 atom stereocenters. The highest BCUT2D eigenvalue weighted by Crippen LogP contribution is 2.20. The van der Waals surface area contributed by atoms with Gasteiger partial charge in [0.2, 0.25) is 0 Å². The summed E-state index contributed by atoms with van der Waals surface area (Å²) in [7, 11) is 0. The number of nitrogens with two attached hydrogens (primary N) is 1. The first-order chi connectivity index (χ1) is 6.84. The highest BCUT2D eigenvalue weighted by Gasteiger charge is 2.26. The van der Waals surface area contributed by atoms with E-state index in [4.69, 9.17) is 10.5 Å². The molecule has 0 amide bonds. The Hall–Kier alpha value is -0.160. The minimum Gasteiger partial charge on any atom is -0.377 e. The average molecular weight is 199 g/mol. The predicted molar refractivity (Wildman–Crippen MR) is 56.3 cm³/mol. The minimum atomic E-state index is 0.402. The topological polar surface area (TPSA) is 50.5 Å². The molecule has 2 rings (SSSR count). The maximum absolute atomic E-state index is 5.71. The van der Waals surface area contributed by atoms with Gasteiger partial charge in [0.1, 0.15) is 0 Å². The SMILES string of the molecule is NC1CC(OCCN2CCNCC2)C1. The molecule has 0 bridgehead atoms. The fourth-order valence-corrected chi connectivity index (χ4v) is 2.03. The largest absolute Gasteiger partial charge is 0.377 e. The monoisotopic (exact) mass is 199 g/mol. The molecule has 0 aromatic rings. The van der Waals surface area contributed by atoms with Gasteiger partial charge in [-0.25, -0.2) is 0 Å². The van der Waals surface area contributed by atoms with Gasteiger partial charge in [0.25, 0.3) is 0 Å². The fourth-order valence-electron chi connectivity index (χ4n) is 2.03.